The Balaban J connectivity index is 2.12. The molecule has 0 saturated heterocycles. The van der Waals surface area contributed by atoms with E-state index in [2.05, 4.69) is 10.3 Å². The summed E-state index contributed by atoms with van der Waals surface area (Å²) in [6.07, 6.45) is 1.81. The molecule has 3 rings (SSSR count). The van der Waals surface area contributed by atoms with Crippen molar-refractivity contribution in [1.29, 1.82) is 0 Å². The normalized spacial score (nSPS) is 10.8. The smallest absolute Gasteiger partial charge is 0.0643 e. The lowest BCUT2D eigenvalue weighted by Crippen LogP contribution is -1.96. The molecule has 0 aliphatic heterocycles. The highest BCUT2D eigenvalue weighted by atomic mass is 35.5. The molecule has 0 unspecified atom stereocenters. The number of hydrogen-bond donors (Lipinski definition) is 2. The number of anilines is 3. The number of halogens is 1. The molecule has 3 nitrogen and oxygen atoms in total. The molecular formula is C17H16ClN3. The van der Waals surface area contributed by atoms with Crippen LogP contribution in [0.1, 0.15) is 11.3 Å². The third-order valence-corrected chi connectivity index (χ3v) is 3.78. The van der Waals surface area contributed by atoms with Crippen molar-refractivity contribution in [3.8, 4) is 0 Å². The van der Waals surface area contributed by atoms with Crippen LogP contribution >= 0.6 is 11.6 Å². The molecule has 4 heteroatoms. The van der Waals surface area contributed by atoms with Crippen LogP contribution in [0.5, 0.6) is 0 Å². The van der Waals surface area contributed by atoms with Gasteiger partial charge in [-0.15, -0.1) is 0 Å². The lowest BCUT2D eigenvalue weighted by molar-refractivity contribution is 1.22. The third kappa shape index (κ3) is 2.65. The molecule has 0 spiro atoms. The Hall–Kier alpha value is -2.26. The maximum atomic E-state index is 6.29. The average molecular weight is 298 g/mol. The molecular weight excluding hydrogens is 282 g/mol. The van der Waals surface area contributed by atoms with E-state index >= 15 is 0 Å². The molecule has 0 amide bonds. The molecule has 1 heterocycles. The summed E-state index contributed by atoms with van der Waals surface area (Å²) in [5.74, 6) is 0. The summed E-state index contributed by atoms with van der Waals surface area (Å²) in [6, 6.07) is 11.8. The molecule has 21 heavy (non-hydrogen) atoms. The van der Waals surface area contributed by atoms with Crippen molar-refractivity contribution in [2.45, 2.75) is 13.8 Å². The van der Waals surface area contributed by atoms with Gasteiger partial charge in [0.25, 0.3) is 0 Å². The van der Waals surface area contributed by atoms with E-state index in [1.165, 1.54) is 0 Å². The second-order valence-electron chi connectivity index (χ2n) is 5.18. The van der Waals surface area contributed by atoms with Crippen molar-refractivity contribution in [2.24, 2.45) is 0 Å². The summed E-state index contributed by atoms with van der Waals surface area (Å²) in [5, 5.41) is 6.06. The Bertz CT molecular complexity index is 828. The van der Waals surface area contributed by atoms with Gasteiger partial charge in [0.2, 0.25) is 0 Å². The fraction of sp³-hybridized carbons (Fsp3) is 0.118. The number of aromatic nitrogens is 1. The number of nitrogens with zero attached hydrogens (tertiary/aromatic N) is 1. The van der Waals surface area contributed by atoms with Crippen LogP contribution in [0.3, 0.4) is 0 Å². The first-order valence-electron chi connectivity index (χ1n) is 6.72. The fourth-order valence-corrected chi connectivity index (χ4v) is 2.62. The van der Waals surface area contributed by atoms with Gasteiger partial charge in [0.1, 0.15) is 0 Å². The lowest BCUT2D eigenvalue weighted by Gasteiger charge is -2.13. The summed E-state index contributed by atoms with van der Waals surface area (Å²) in [6.45, 7) is 3.98. The predicted molar refractivity (Wildman–Crippen MR) is 90.4 cm³/mol. The molecule has 0 bridgehead atoms. The van der Waals surface area contributed by atoms with Gasteiger partial charge in [-0.2, -0.15) is 0 Å². The number of hydrogen-bond acceptors (Lipinski definition) is 3. The fourth-order valence-electron chi connectivity index (χ4n) is 2.34. The SMILES string of the molecule is Cc1ccc(Nc2ccc(N)c3cnc(C)cc23)c(Cl)c1. The van der Waals surface area contributed by atoms with Gasteiger partial charge in [-0.3, -0.25) is 4.98 Å². The third-order valence-electron chi connectivity index (χ3n) is 3.47. The highest BCUT2D eigenvalue weighted by molar-refractivity contribution is 6.33. The maximum absolute atomic E-state index is 6.29. The largest absolute Gasteiger partial charge is 0.398 e. The van der Waals surface area contributed by atoms with Crippen LogP contribution in [0.15, 0.2) is 42.6 Å². The molecule has 1 aromatic heterocycles. The van der Waals surface area contributed by atoms with E-state index in [0.29, 0.717) is 5.02 Å². The van der Waals surface area contributed by atoms with Gasteiger partial charge in [-0.1, -0.05) is 17.7 Å². The van der Waals surface area contributed by atoms with E-state index in [0.717, 1.165) is 39.1 Å². The van der Waals surface area contributed by atoms with Gasteiger partial charge in [0, 0.05) is 34.0 Å². The topological polar surface area (TPSA) is 50.9 Å². The maximum Gasteiger partial charge on any atom is 0.0643 e. The van der Waals surface area contributed by atoms with Crippen LogP contribution in [0, 0.1) is 13.8 Å². The van der Waals surface area contributed by atoms with E-state index < -0.39 is 0 Å². The molecule has 0 atom stereocenters. The minimum absolute atomic E-state index is 0.700. The monoisotopic (exact) mass is 297 g/mol. The molecule has 0 aliphatic rings. The summed E-state index contributed by atoms with van der Waals surface area (Å²) in [5.41, 5.74) is 10.7. The zero-order chi connectivity index (χ0) is 15.0. The molecule has 3 aromatic rings. The second kappa shape index (κ2) is 5.26. The molecule has 0 radical (unpaired) electrons. The highest BCUT2D eigenvalue weighted by Crippen LogP contribution is 2.33. The average Bonchev–Trinajstić information content (AvgIpc) is 2.44. The highest BCUT2D eigenvalue weighted by Gasteiger charge is 2.07. The first-order valence-corrected chi connectivity index (χ1v) is 7.10. The lowest BCUT2D eigenvalue weighted by atomic mass is 10.1. The van der Waals surface area contributed by atoms with Gasteiger partial charge in [0.15, 0.2) is 0 Å². The Morgan fingerprint density at radius 1 is 1.00 bits per heavy atom. The Morgan fingerprint density at radius 3 is 2.52 bits per heavy atom. The van der Waals surface area contributed by atoms with Crippen molar-refractivity contribution < 1.29 is 0 Å². The predicted octanol–water partition coefficient (Wildman–Crippen LogP) is 4.83. The van der Waals surface area contributed by atoms with Crippen LogP contribution < -0.4 is 11.1 Å². The van der Waals surface area contributed by atoms with Gasteiger partial charge < -0.3 is 11.1 Å². The molecule has 106 valence electrons. The number of nitrogen functional groups attached to an aromatic ring is 1. The molecule has 3 N–H and O–H groups in total. The van der Waals surface area contributed by atoms with Gasteiger partial charge in [-0.25, -0.2) is 0 Å². The summed E-state index contributed by atoms with van der Waals surface area (Å²) < 4.78 is 0. The van der Waals surface area contributed by atoms with E-state index in [1.54, 1.807) is 0 Å². The Labute approximate surface area is 128 Å². The zero-order valence-corrected chi connectivity index (χ0v) is 12.7. The number of fused-ring (bicyclic) bond motifs is 1. The van der Waals surface area contributed by atoms with Crippen LogP contribution in [0.25, 0.3) is 10.8 Å². The number of pyridine rings is 1. The van der Waals surface area contributed by atoms with Gasteiger partial charge in [-0.05, 0) is 49.7 Å². The molecule has 0 saturated carbocycles. The number of rotatable bonds is 2. The van der Waals surface area contributed by atoms with Crippen molar-refractivity contribution in [2.75, 3.05) is 11.1 Å². The van der Waals surface area contributed by atoms with Crippen LogP contribution in [-0.2, 0) is 0 Å². The number of benzene rings is 2. The minimum atomic E-state index is 0.700. The van der Waals surface area contributed by atoms with Gasteiger partial charge >= 0.3 is 0 Å². The molecule has 2 aromatic carbocycles. The Kier molecular flexibility index (Phi) is 3.43. The summed E-state index contributed by atoms with van der Waals surface area (Å²) >= 11 is 6.29. The standard InChI is InChI=1S/C17H16ClN3/c1-10-3-5-17(14(18)7-10)21-16-6-4-15(19)13-9-20-11(2)8-12(13)16/h3-9,21H,19H2,1-2H3. The van der Waals surface area contributed by atoms with E-state index in [-0.39, 0.29) is 0 Å². The van der Waals surface area contributed by atoms with E-state index in [1.807, 2.05) is 56.4 Å². The van der Waals surface area contributed by atoms with Crippen LogP contribution in [-0.4, -0.2) is 4.98 Å². The van der Waals surface area contributed by atoms with Crippen molar-refractivity contribution in [1.82, 2.24) is 4.98 Å². The molecule has 0 aliphatic carbocycles. The molecule has 0 fully saturated rings. The van der Waals surface area contributed by atoms with Crippen molar-refractivity contribution >= 4 is 39.4 Å². The summed E-state index contributed by atoms with van der Waals surface area (Å²) in [4.78, 5) is 4.31. The number of aryl methyl sites for hydroxylation is 2. The first kappa shape index (κ1) is 13.7. The number of nitrogens with two attached hydrogens (primary N) is 1. The Morgan fingerprint density at radius 2 is 1.76 bits per heavy atom. The minimum Gasteiger partial charge on any atom is -0.398 e. The first-order chi connectivity index (χ1) is 10.0. The van der Waals surface area contributed by atoms with E-state index in [4.69, 9.17) is 17.3 Å². The van der Waals surface area contributed by atoms with Crippen molar-refractivity contribution in [3.05, 3.63) is 58.9 Å². The van der Waals surface area contributed by atoms with Crippen molar-refractivity contribution in [3.63, 3.8) is 0 Å². The van der Waals surface area contributed by atoms with E-state index in [9.17, 15) is 0 Å². The quantitative estimate of drug-likeness (QED) is 0.666. The number of nitrogens with one attached hydrogen (secondary N) is 1. The van der Waals surface area contributed by atoms with Crippen LogP contribution in [0.2, 0.25) is 5.02 Å². The summed E-state index contributed by atoms with van der Waals surface area (Å²) in [7, 11) is 0. The zero-order valence-electron chi connectivity index (χ0n) is 11.9. The second-order valence-corrected chi connectivity index (χ2v) is 5.59. The van der Waals surface area contributed by atoms with Gasteiger partial charge in [0.05, 0.1) is 10.7 Å². The van der Waals surface area contributed by atoms with Crippen LogP contribution in [0.4, 0.5) is 17.1 Å².